The zero-order valence-corrected chi connectivity index (χ0v) is 16.7. The van der Waals surface area contributed by atoms with Crippen LogP contribution in [-0.2, 0) is 9.53 Å². The van der Waals surface area contributed by atoms with Gasteiger partial charge in [0.05, 0.1) is 18.0 Å². The predicted octanol–water partition coefficient (Wildman–Crippen LogP) is 3.96. The van der Waals surface area contributed by atoms with Crippen LogP contribution in [0.4, 0.5) is 5.69 Å². The first kappa shape index (κ1) is 19.9. The zero-order chi connectivity index (χ0) is 19.9. The maximum Gasteiger partial charge on any atom is 0.350 e. The first-order valence-corrected chi connectivity index (χ1v) is 10.4. The van der Waals surface area contributed by atoms with Crippen molar-refractivity contribution in [3.8, 4) is 10.4 Å². The van der Waals surface area contributed by atoms with Crippen LogP contribution in [0.1, 0.15) is 16.6 Å². The Morgan fingerprint density at radius 2 is 1.93 bits per heavy atom. The maximum absolute atomic E-state index is 12.4. The number of benzene rings is 1. The number of pyridine rings is 1. The number of amides is 1. The standard InChI is InChI=1S/C20H18N2O4S2/c1-2-26-20(24)19-15(12-16(28-19)14-8-4-3-5-9-14)21-17(23)13-27-18-10-6-7-11-22(18)25/h3-12H,2,13H2,1H3,(H,21,23). The maximum atomic E-state index is 12.4. The van der Waals surface area contributed by atoms with Crippen LogP contribution in [0.25, 0.3) is 10.4 Å². The van der Waals surface area contributed by atoms with Crippen molar-refractivity contribution >= 4 is 40.7 Å². The molecule has 1 amide bonds. The molecule has 3 aromatic rings. The van der Waals surface area contributed by atoms with E-state index >= 15 is 0 Å². The van der Waals surface area contributed by atoms with Crippen LogP contribution in [0, 0.1) is 5.21 Å². The van der Waals surface area contributed by atoms with Crippen LogP contribution in [0.5, 0.6) is 0 Å². The Balaban J connectivity index is 1.77. The third kappa shape index (κ3) is 4.90. The van der Waals surface area contributed by atoms with Gasteiger partial charge in [0, 0.05) is 17.0 Å². The predicted molar refractivity (Wildman–Crippen MR) is 110 cm³/mol. The number of anilines is 1. The molecule has 1 N–H and O–H groups in total. The molecule has 8 heteroatoms. The summed E-state index contributed by atoms with van der Waals surface area (Å²) in [5, 5.41) is 14.9. The van der Waals surface area contributed by atoms with Gasteiger partial charge in [-0.05, 0) is 36.4 Å². The van der Waals surface area contributed by atoms with Gasteiger partial charge < -0.3 is 15.3 Å². The number of thioether (sulfide) groups is 1. The van der Waals surface area contributed by atoms with Gasteiger partial charge in [0.25, 0.3) is 5.03 Å². The number of ether oxygens (including phenoxy) is 1. The summed E-state index contributed by atoms with van der Waals surface area (Å²) in [5.74, 6) is -0.736. The van der Waals surface area contributed by atoms with Crippen LogP contribution in [0.2, 0.25) is 0 Å². The molecule has 0 spiro atoms. The molecule has 0 saturated carbocycles. The van der Waals surface area contributed by atoms with Gasteiger partial charge >= 0.3 is 5.97 Å². The van der Waals surface area contributed by atoms with Crippen LogP contribution >= 0.6 is 23.1 Å². The quantitative estimate of drug-likeness (QED) is 0.274. The van der Waals surface area contributed by atoms with E-state index in [9.17, 15) is 14.8 Å². The zero-order valence-electron chi connectivity index (χ0n) is 15.1. The molecule has 28 heavy (non-hydrogen) atoms. The Labute approximate surface area is 170 Å². The number of nitrogens with zero attached hydrogens (tertiary/aromatic N) is 1. The molecule has 0 unspecified atom stereocenters. The van der Waals surface area contributed by atoms with E-state index in [4.69, 9.17) is 4.74 Å². The largest absolute Gasteiger partial charge is 0.618 e. The number of nitrogens with one attached hydrogen (secondary N) is 1. The molecule has 144 valence electrons. The minimum atomic E-state index is -0.474. The van der Waals surface area contributed by atoms with Gasteiger partial charge in [-0.1, -0.05) is 30.3 Å². The summed E-state index contributed by atoms with van der Waals surface area (Å²) >= 11 is 2.40. The Kier molecular flexibility index (Phi) is 6.67. The third-order valence-electron chi connectivity index (χ3n) is 3.67. The fraction of sp³-hybridized carbons (Fsp3) is 0.150. The van der Waals surface area contributed by atoms with E-state index in [1.165, 1.54) is 17.5 Å². The molecule has 2 heterocycles. The number of carbonyl (C=O) groups is 2. The van der Waals surface area contributed by atoms with Crippen molar-refractivity contribution in [1.29, 1.82) is 0 Å². The average molecular weight is 415 g/mol. The van der Waals surface area contributed by atoms with Crippen molar-refractivity contribution in [3.05, 3.63) is 70.9 Å². The summed E-state index contributed by atoms with van der Waals surface area (Å²) in [6, 6.07) is 16.4. The van der Waals surface area contributed by atoms with Gasteiger partial charge in [0.2, 0.25) is 5.91 Å². The number of hydrogen-bond donors (Lipinski definition) is 1. The van der Waals surface area contributed by atoms with E-state index in [1.54, 1.807) is 31.2 Å². The van der Waals surface area contributed by atoms with Crippen LogP contribution in [0.15, 0.2) is 65.8 Å². The summed E-state index contributed by atoms with van der Waals surface area (Å²) < 4.78 is 5.82. The summed E-state index contributed by atoms with van der Waals surface area (Å²) in [5.41, 5.74) is 1.36. The Bertz CT molecular complexity index is 973. The molecular formula is C20H18N2O4S2. The molecule has 1 aromatic carbocycles. The molecule has 2 aromatic heterocycles. The van der Waals surface area contributed by atoms with Crippen LogP contribution in [-0.4, -0.2) is 24.2 Å². The molecule has 0 saturated heterocycles. The van der Waals surface area contributed by atoms with Crippen molar-refractivity contribution in [2.75, 3.05) is 17.7 Å². The van der Waals surface area contributed by atoms with Crippen molar-refractivity contribution in [2.45, 2.75) is 11.9 Å². The van der Waals surface area contributed by atoms with E-state index in [1.807, 2.05) is 30.3 Å². The molecule has 6 nitrogen and oxygen atoms in total. The lowest BCUT2D eigenvalue weighted by molar-refractivity contribution is -0.645. The summed E-state index contributed by atoms with van der Waals surface area (Å²) in [7, 11) is 0. The number of aromatic nitrogens is 1. The topological polar surface area (TPSA) is 82.3 Å². The van der Waals surface area contributed by atoms with E-state index in [2.05, 4.69) is 5.32 Å². The lowest BCUT2D eigenvalue weighted by Gasteiger charge is -2.06. The van der Waals surface area contributed by atoms with E-state index in [0.717, 1.165) is 22.2 Å². The Morgan fingerprint density at radius 1 is 1.18 bits per heavy atom. The molecule has 0 radical (unpaired) electrons. The molecule has 0 fully saturated rings. The second kappa shape index (κ2) is 9.38. The van der Waals surface area contributed by atoms with Crippen LogP contribution in [0.3, 0.4) is 0 Å². The minimum Gasteiger partial charge on any atom is -0.618 e. The smallest absolute Gasteiger partial charge is 0.350 e. The lowest BCUT2D eigenvalue weighted by Crippen LogP contribution is -2.28. The Morgan fingerprint density at radius 3 is 2.64 bits per heavy atom. The number of carbonyl (C=O) groups excluding carboxylic acids is 2. The van der Waals surface area contributed by atoms with E-state index in [0.29, 0.717) is 20.3 Å². The second-order valence-electron chi connectivity index (χ2n) is 5.64. The Hall–Kier alpha value is -2.84. The monoisotopic (exact) mass is 414 g/mol. The number of hydrogen-bond acceptors (Lipinski definition) is 6. The van der Waals surface area contributed by atoms with Crippen molar-refractivity contribution < 1.29 is 19.1 Å². The average Bonchev–Trinajstić information content (AvgIpc) is 3.12. The summed E-state index contributed by atoms with van der Waals surface area (Å²) in [4.78, 5) is 25.9. The highest BCUT2D eigenvalue weighted by molar-refractivity contribution is 7.99. The van der Waals surface area contributed by atoms with Crippen molar-refractivity contribution in [3.63, 3.8) is 0 Å². The summed E-state index contributed by atoms with van der Waals surface area (Å²) in [6.45, 7) is 1.98. The third-order valence-corrected chi connectivity index (χ3v) is 5.85. The first-order chi connectivity index (χ1) is 13.6. The van der Waals surface area contributed by atoms with Gasteiger partial charge in [-0.2, -0.15) is 4.73 Å². The molecule has 0 atom stereocenters. The number of thiophene rings is 1. The fourth-order valence-electron chi connectivity index (χ4n) is 2.43. The fourth-order valence-corrected chi connectivity index (χ4v) is 4.15. The second-order valence-corrected chi connectivity index (χ2v) is 7.69. The molecule has 0 aliphatic carbocycles. The minimum absolute atomic E-state index is 0.0467. The molecular weight excluding hydrogens is 396 g/mol. The van der Waals surface area contributed by atoms with Crippen LogP contribution < -0.4 is 10.0 Å². The van der Waals surface area contributed by atoms with Crippen molar-refractivity contribution in [2.24, 2.45) is 0 Å². The van der Waals surface area contributed by atoms with E-state index in [-0.39, 0.29) is 18.3 Å². The first-order valence-electron chi connectivity index (χ1n) is 8.55. The SMILES string of the molecule is CCOC(=O)c1sc(-c2ccccc2)cc1NC(=O)CSc1cccc[n+]1[O-]. The number of rotatable bonds is 7. The van der Waals surface area contributed by atoms with Gasteiger partial charge in [-0.15, -0.1) is 11.3 Å². The van der Waals surface area contributed by atoms with Gasteiger partial charge in [0.15, 0.2) is 6.20 Å². The normalized spacial score (nSPS) is 10.5. The number of esters is 1. The molecule has 0 aliphatic heterocycles. The highest BCUT2D eigenvalue weighted by Crippen LogP contribution is 2.35. The summed E-state index contributed by atoms with van der Waals surface area (Å²) in [6.07, 6.45) is 1.38. The molecule has 3 rings (SSSR count). The van der Waals surface area contributed by atoms with Crippen molar-refractivity contribution in [1.82, 2.24) is 0 Å². The lowest BCUT2D eigenvalue weighted by atomic mass is 10.2. The molecule has 0 bridgehead atoms. The van der Waals surface area contributed by atoms with Gasteiger partial charge in [0.1, 0.15) is 4.88 Å². The highest BCUT2D eigenvalue weighted by Gasteiger charge is 2.20. The van der Waals surface area contributed by atoms with E-state index < -0.39 is 5.97 Å². The molecule has 0 aliphatic rings. The highest BCUT2D eigenvalue weighted by atomic mass is 32.2. The van der Waals surface area contributed by atoms with Gasteiger partial charge in [-0.25, -0.2) is 4.79 Å². The van der Waals surface area contributed by atoms with Gasteiger partial charge in [-0.3, -0.25) is 4.79 Å².